The lowest BCUT2D eigenvalue weighted by molar-refractivity contribution is 0.280. The molecule has 0 aliphatic carbocycles. The largest absolute Gasteiger partial charge is 0.477 e. The fraction of sp³-hybridized carbons (Fsp3) is 0.545. The maximum atomic E-state index is 5.97. The van der Waals surface area contributed by atoms with Gasteiger partial charge in [0.25, 0.3) is 0 Å². The number of hydrogen-bond acceptors (Lipinski definition) is 3. The zero-order valence-electron chi connectivity index (χ0n) is 9.68. The van der Waals surface area contributed by atoms with Gasteiger partial charge < -0.3 is 10.1 Å². The monoisotopic (exact) mass is 262 g/mol. The quantitative estimate of drug-likeness (QED) is 0.875. The van der Waals surface area contributed by atoms with E-state index in [0.717, 1.165) is 6.42 Å². The first kappa shape index (κ1) is 13.4. The van der Waals surface area contributed by atoms with Gasteiger partial charge in [0.05, 0.1) is 11.6 Å². The molecule has 1 N–H and O–H groups in total. The molecule has 0 bridgehead atoms. The Labute approximate surface area is 106 Å². The smallest absolute Gasteiger partial charge is 0.234 e. The van der Waals surface area contributed by atoms with Crippen molar-refractivity contribution in [2.75, 3.05) is 19.0 Å². The Morgan fingerprint density at radius 2 is 2.06 bits per heavy atom. The molecule has 0 radical (unpaired) electrons. The van der Waals surface area contributed by atoms with Gasteiger partial charge in [-0.25, -0.2) is 0 Å². The van der Waals surface area contributed by atoms with Crippen molar-refractivity contribution in [3.8, 4) is 5.88 Å². The van der Waals surface area contributed by atoms with Crippen LogP contribution in [0.5, 0.6) is 5.88 Å². The summed E-state index contributed by atoms with van der Waals surface area (Å²) in [6.45, 7) is 4.88. The number of aromatic nitrogens is 1. The summed E-state index contributed by atoms with van der Waals surface area (Å²) >= 11 is 11.9. The van der Waals surface area contributed by atoms with E-state index < -0.39 is 0 Å². The first-order valence-corrected chi connectivity index (χ1v) is 5.96. The van der Waals surface area contributed by atoms with Crippen LogP contribution in [0.25, 0.3) is 0 Å². The summed E-state index contributed by atoms with van der Waals surface area (Å²) in [6, 6.07) is 1.63. The zero-order valence-corrected chi connectivity index (χ0v) is 11.2. The highest BCUT2D eigenvalue weighted by molar-refractivity contribution is 6.36. The average Bonchev–Trinajstić information content (AvgIpc) is 2.20. The normalized spacial score (nSPS) is 10.6. The van der Waals surface area contributed by atoms with Crippen LogP contribution in [0, 0.1) is 5.92 Å². The van der Waals surface area contributed by atoms with Crippen LogP contribution in [-0.4, -0.2) is 18.6 Å². The van der Waals surface area contributed by atoms with Crippen LogP contribution < -0.4 is 10.1 Å². The molecule has 0 aromatic carbocycles. The van der Waals surface area contributed by atoms with Crippen LogP contribution in [-0.2, 0) is 0 Å². The summed E-state index contributed by atoms with van der Waals surface area (Å²) in [5.41, 5.74) is 0. The van der Waals surface area contributed by atoms with E-state index in [-0.39, 0.29) is 0 Å². The highest BCUT2D eigenvalue weighted by atomic mass is 35.5. The molecule has 0 unspecified atom stereocenters. The molecule has 3 nitrogen and oxygen atoms in total. The predicted molar refractivity (Wildman–Crippen MR) is 68.8 cm³/mol. The fourth-order valence-corrected chi connectivity index (χ4v) is 1.63. The van der Waals surface area contributed by atoms with Crippen LogP contribution in [0.4, 0.5) is 5.82 Å². The van der Waals surface area contributed by atoms with Crippen molar-refractivity contribution in [1.29, 1.82) is 0 Å². The van der Waals surface area contributed by atoms with Gasteiger partial charge >= 0.3 is 0 Å². The van der Waals surface area contributed by atoms with Crippen LogP contribution >= 0.6 is 23.2 Å². The lowest BCUT2D eigenvalue weighted by Crippen LogP contribution is -2.04. The Morgan fingerprint density at radius 3 is 2.62 bits per heavy atom. The second-order valence-corrected chi connectivity index (χ2v) is 4.70. The lowest BCUT2D eigenvalue weighted by atomic mass is 10.1. The Morgan fingerprint density at radius 1 is 1.38 bits per heavy atom. The molecule has 1 aromatic rings. The van der Waals surface area contributed by atoms with Crippen LogP contribution in [0.3, 0.4) is 0 Å². The molecule has 16 heavy (non-hydrogen) atoms. The van der Waals surface area contributed by atoms with Gasteiger partial charge in [-0.15, -0.1) is 0 Å². The number of ether oxygens (including phenoxy) is 1. The van der Waals surface area contributed by atoms with E-state index in [1.54, 1.807) is 13.1 Å². The molecule has 1 aromatic heterocycles. The van der Waals surface area contributed by atoms with Gasteiger partial charge in [-0.2, -0.15) is 4.98 Å². The molecule has 0 atom stereocenters. The molecule has 90 valence electrons. The number of hydrogen-bond donors (Lipinski definition) is 1. The summed E-state index contributed by atoms with van der Waals surface area (Å²) in [6.07, 6.45) is 0.968. The van der Waals surface area contributed by atoms with Crippen molar-refractivity contribution < 1.29 is 4.74 Å². The molecular formula is C11H16Cl2N2O. The molecule has 0 amide bonds. The van der Waals surface area contributed by atoms with Gasteiger partial charge in [0.15, 0.2) is 0 Å². The molecular weight excluding hydrogens is 247 g/mol. The van der Waals surface area contributed by atoms with E-state index in [1.165, 1.54) is 0 Å². The first-order valence-electron chi connectivity index (χ1n) is 5.21. The third-order valence-electron chi connectivity index (χ3n) is 2.07. The number of nitrogens with one attached hydrogen (secondary N) is 1. The van der Waals surface area contributed by atoms with E-state index >= 15 is 0 Å². The molecule has 5 heteroatoms. The van der Waals surface area contributed by atoms with Crippen molar-refractivity contribution in [2.24, 2.45) is 5.92 Å². The minimum Gasteiger partial charge on any atom is -0.477 e. The average molecular weight is 263 g/mol. The van der Waals surface area contributed by atoms with E-state index in [1.807, 2.05) is 0 Å². The predicted octanol–water partition coefficient (Wildman–Crippen LogP) is 3.86. The number of rotatable bonds is 5. The summed E-state index contributed by atoms with van der Waals surface area (Å²) in [5, 5.41) is 3.81. The molecule has 1 heterocycles. The van der Waals surface area contributed by atoms with Gasteiger partial charge in [-0.3, -0.25) is 0 Å². The topological polar surface area (TPSA) is 34.2 Å². The van der Waals surface area contributed by atoms with E-state index in [2.05, 4.69) is 24.1 Å². The summed E-state index contributed by atoms with van der Waals surface area (Å²) < 4.78 is 5.50. The number of halogens is 2. The Bertz CT molecular complexity index is 356. The lowest BCUT2D eigenvalue weighted by Gasteiger charge is -2.11. The van der Waals surface area contributed by atoms with Crippen molar-refractivity contribution >= 4 is 29.0 Å². The van der Waals surface area contributed by atoms with Gasteiger partial charge in [0, 0.05) is 7.05 Å². The SMILES string of the molecule is CNc1nc(OCCC(C)C)c(Cl)cc1Cl. The molecule has 0 saturated heterocycles. The van der Waals surface area contributed by atoms with Crippen molar-refractivity contribution in [3.63, 3.8) is 0 Å². The van der Waals surface area contributed by atoms with Crippen molar-refractivity contribution in [3.05, 3.63) is 16.1 Å². The third-order valence-corrected chi connectivity index (χ3v) is 2.63. The zero-order chi connectivity index (χ0) is 12.1. The van der Waals surface area contributed by atoms with Crippen LogP contribution in [0.2, 0.25) is 10.0 Å². The number of anilines is 1. The van der Waals surface area contributed by atoms with E-state index in [9.17, 15) is 0 Å². The summed E-state index contributed by atoms with van der Waals surface area (Å²) in [5.74, 6) is 1.59. The van der Waals surface area contributed by atoms with Gasteiger partial charge in [0.2, 0.25) is 5.88 Å². The highest BCUT2D eigenvalue weighted by Gasteiger charge is 2.09. The molecule has 0 fully saturated rings. The van der Waals surface area contributed by atoms with Crippen LogP contribution in [0.1, 0.15) is 20.3 Å². The highest BCUT2D eigenvalue weighted by Crippen LogP contribution is 2.30. The van der Waals surface area contributed by atoms with Crippen LogP contribution in [0.15, 0.2) is 6.07 Å². The molecule has 1 rings (SSSR count). The van der Waals surface area contributed by atoms with Crippen molar-refractivity contribution in [2.45, 2.75) is 20.3 Å². The maximum Gasteiger partial charge on any atom is 0.234 e. The standard InChI is InChI=1S/C11H16Cl2N2O/c1-7(2)4-5-16-11-9(13)6-8(12)10(14-3)15-11/h6-7H,4-5H2,1-3H3,(H,14,15). The minimum absolute atomic E-state index is 0.427. The third kappa shape index (κ3) is 3.72. The molecule has 0 aliphatic rings. The number of nitrogens with zero attached hydrogens (tertiary/aromatic N) is 1. The number of pyridine rings is 1. The molecule has 0 aliphatic heterocycles. The van der Waals surface area contributed by atoms with Crippen molar-refractivity contribution in [1.82, 2.24) is 4.98 Å². The summed E-state index contributed by atoms with van der Waals surface area (Å²) in [7, 11) is 1.75. The molecule has 0 saturated carbocycles. The second-order valence-electron chi connectivity index (χ2n) is 3.89. The van der Waals surface area contributed by atoms with E-state index in [0.29, 0.717) is 34.3 Å². The molecule has 0 spiro atoms. The Hall–Kier alpha value is -0.670. The maximum absolute atomic E-state index is 5.97. The fourth-order valence-electron chi connectivity index (χ4n) is 1.12. The minimum atomic E-state index is 0.427. The summed E-state index contributed by atoms with van der Waals surface area (Å²) in [4.78, 5) is 4.19. The van der Waals surface area contributed by atoms with Gasteiger partial charge in [-0.05, 0) is 18.4 Å². The van der Waals surface area contributed by atoms with Gasteiger partial charge in [0.1, 0.15) is 10.8 Å². The first-order chi connectivity index (χ1) is 7.54. The second kappa shape index (κ2) is 6.16. The Balaban J connectivity index is 2.72. The van der Waals surface area contributed by atoms with Gasteiger partial charge in [-0.1, -0.05) is 37.0 Å². The Kier molecular flexibility index (Phi) is 5.16. The van der Waals surface area contributed by atoms with E-state index in [4.69, 9.17) is 27.9 Å².